The van der Waals surface area contributed by atoms with E-state index in [1.165, 1.54) is 18.1 Å². The monoisotopic (exact) mass is 430 g/mol. The van der Waals surface area contributed by atoms with Gasteiger partial charge in [0.2, 0.25) is 0 Å². The summed E-state index contributed by atoms with van der Waals surface area (Å²) in [6, 6.07) is 11.6. The Kier molecular flexibility index (Phi) is 4.87. The molecule has 0 spiro atoms. The zero-order valence-corrected chi connectivity index (χ0v) is 17.9. The van der Waals surface area contributed by atoms with Gasteiger partial charge in [0.1, 0.15) is 40.1 Å². The molecule has 9 heteroatoms. The van der Waals surface area contributed by atoms with Crippen LogP contribution in [0.3, 0.4) is 0 Å². The molecular weight excluding hydrogens is 412 g/mol. The largest absolute Gasteiger partial charge is 0.457 e. The molecule has 0 radical (unpaired) electrons. The number of aryl methyl sites for hydroxylation is 2. The van der Waals surface area contributed by atoms with Crippen LogP contribution in [0.4, 0.5) is 11.5 Å². The second kappa shape index (κ2) is 7.84. The van der Waals surface area contributed by atoms with Crippen LogP contribution in [0, 0.1) is 13.8 Å². The predicted molar refractivity (Wildman–Crippen MR) is 120 cm³/mol. The highest BCUT2D eigenvalue weighted by Gasteiger charge is 2.10. The van der Waals surface area contributed by atoms with Crippen LogP contribution in [-0.4, -0.2) is 31.3 Å². The van der Waals surface area contributed by atoms with Crippen molar-refractivity contribution in [3.8, 4) is 11.5 Å². The molecule has 154 valence electrons. The van der Waals surface area contributed by atoms with Crippen molar-refractivity contribution >= 4 is 45.2 Å². The van der Waals surface area contributed by atoms with Gasteiger partial charge in [-0.05, 0) is 56.0 Å². The molecule has 0 bridgehead atoms. The summed E-state index contributed by atoms with van der Waals surface area (Å²) < 4.78 is 11.3. The van der Waals surface area contributed by atoms with Gasteiger partial charge < -0.3 is 14.6 Å². The fourth-order valence-electron chi connectivity index (χ4n) is 3.25. The first-order valence-electron chi connectivity index (χ1n) is 9.54. The fourth-order valence-corrected chi connectivity index (χ4v) is 3.59. The minimum atomic E-state index is 0.627. The number of fused-ring (bicyclic) bond motifs is 2. The molecule has 0 aliphatic rings. The molecule has 0 unspecified atom stereocenters. The Balaban J connectivity index is 1.41. The minimum Gasteiger partial charge on any atom is -0.457 e. The summed E-state index contributed by atoms with van der Waals surface area (Å²) in [5, 5.41) is 9.03. The molecule has 0 aliphatic carbocycles. The first-order valence-corrected chi connectivity index (χ1v) is 10.8. The highest BCUT2D eigenvalue weighted by molar-refractivity contribution is 7.98. The number of hydrogen-bond acceptors (Lipinski definition) is 9. The molecular formula is C22H18N6O2S. The van der Waals surface area contributed by atoms with Crippen LogP contribution in [0.1, 0.15) is 11.3 Å². The summed E-state index contributed by atoms with van der Waals surface area (Å²) in [5.41, 5.74) is 3.98. The number of rotatable bonds is 5. The van der Waals surface area contributed by atoms with E-state index in [0.717, 1.165) is 33.7 Å². The molecule has 5 aromatic rings. The fraction of sp³-hybridized carbons (Fsp3) is 0.136. The molecule has 2 aromatic carbocycles. The van der Waals surface area contributed by atoms with Crippen molar-refractivity contribution in [1.82, 2.24) is 25.1 Å². The number of nitrogens with zero attached hydrogens (tertiary/aromatic N) is 5. The third-order valence-electron chi connectivity index (χ3n) is 4.83. The quantitative estimate of drug-likeness (QED) is 0.289. The number of ether oxygens (including phenoxy) is 1. The Morgan fingerprint density at radius 2 is 1.90 bits per heavy atom. The molecule has 0 aliphatic heterocycles. The average Bonchev–Trinajstić information content (AvgIpc) is 3.15. The SMILES string of the molecule is CSc1ncc2ncnc(Nc3ccc(Oc4ccc5c(C)onc5c4)c(C)c3)c2n1. The van der Waals surface area contributed by atoms with E-state index >= 15 is 0 Å². The van der Waals surface area contributed by atoms with Crippen molar-refractivity contribution in [2.45, 2.75) is 19.0 Å². The summed E-state index contributed by atoms with van der Waals surface area (Å²) in [6.07, 6.45) is 5.14. The van der Waals surface area contributed by atoms with Gasteiger partial charge in [-0.1, -0.05) is 16.9 Å². The lowest BCUT2D eigenvalue weighted by molar-refractivity contribution is 0.405. The van der Waals surface area contributed by atoms with Crippen LogP contribution >= 0.6 is 11.8 Å². The lowest BCUT2D eigenvalue weighted by Crippen LogP contribution is -1.99. The van der Waals surface area contributed by atoms with Gasteiger partial charge >= 0.3 is 0 Å². The van der Waals surface area contributed by atoms with Gasteiger partial charge in [0.15, 0.2) is 11.0 Å². The molecule has 3 aromatic heterocycles. The van der Waals surface area contributed by atoms with Crippen molar-refractivity contribution in [2.75, 3.05) is 11.6 Å². The van der Waals surface area contributed by atoms with Gasteiger partial charge in [-0.15, -0.1) is 0 Å². The molecule has 0 amide bonds. The van der Waals surface area contributed by atoms with Gasteiger partial charge in [0, 0.05) is 17.1 Å². The number of aromatic nitrogens is 5. The number of thioether (sulfide) groups is 1. The summed E-state index contributed by atoms with van der Waals surface area (Å²) in [4.78, 5) is 17.4. The highest BCUT2D eigenvalue weighted by Crippen LogP contribution is 2.31. The Labute approximate surface area is 182 Å². The van der Waals surface area contributed by atoms with Crippen molar-refractivity contribution in [3.63, 3.8) is 0 Å². The maximum absolute atomic E-state index is 6.07. The van der Waals surface area contributed by atoms with E-state index in [2.05, 4.69) is 30.4 Å². The van der Waals surface area contributed by atoms with Crippen LogP contribution in [0.25, 0.3) is 21.9 Å². The molecule has 0 saturated heterocycles. The van der Waals surface area contributed by atoms with Crippen molar-refractivity contribution in [3.05, 3.63) is 60.2 Å². The normalized spacial score (nSPS) is 11.2. The number of benzene rings is 2. The van der Waals surface area contributed by atoms with Gasteiger partial charge in [0.25, 0.3) is 0 Å². The number of nitrogens with one attached hydrogen (secondary N) is 1. The summed E-state index contributed by atoms with van der Waals surface area (Å²) in [7, 11) is 0. The molecule has 0 saturated carbocycles. The Hall–Kier alpha value is -3.72. The molecule has 8 nitrogen and oxygen atoms in total. The first-order chi connectivity index (χ1) is 15.1. The number of anilines is 2. The lowest BCUT2D eigenvalue weighted by atomic mass is 10.2. The van der Waals surface area contributed by atoms with Gasteiger partial charge in [0.05, 0.1) is 6.20 Å². The van der Waals surface area contributed by atoms with Crippen LogP contribution in [0.15, 0.2) is 58.6 Å². The third kappa shape index (κ3) is 3.75. The molecule has 3 heterocycles. The molecule has 5 rings (SSSR count). The van der Waals surface area contributed by atoms with Crippen molar-refractivity contribution in [1.29, 1.82) is 0 Å². The Morgan fingerprint density at radius 1 is 1.00 bits per heavy atom. The zero-order valence-electron chi connectivity index (χ0n) is 17.1. The second-order valence-corrected chi connectivity index (χ2v) is 7.71. The predicted octanol–water partition coefficient (Wildman–Crippen LogP) is 5.44. The molecule has 31 heavy (non-hydrogen) atoms. The van der Waals surface area contributed by atoms with Crippen LogP contribution in [0.5, 0.6) is 11.5 Å². The third-order valence-corrected chi connectivity index (χ3v) is 5.39. The standard InChI is InChI=1S/C22H18N6O2S/c1-12-8-14(26-21-20-18(24-11-25-21)10-23-22(27-20)31-3)4-7-19(12)29-15-5-6-16-13(2)30-28-17(16)9-15/h4-11H,1-3H3,(H,24,25,26). The van der Waals surface area contributed by atoms with Crippen LogP contribution < -0.4 is 10.1 Å². The average molecular weight is 430 g/mol. The molecule has 0 atom stereocenters. The van der Waals surface area contributed by atoms with E-state index in [4.69, 9.17) is 9.26 Å². The highest BCUT2D eigenvalue weighted by atomic mass is 32.2. The van der Waals surface area contributed by atoms with E-state index < -0.39 is 0 Å². The second-order valence-electron chi connectivity index (χ2n) is 6.94. The number of hydrogen-bond donors (Lipinski definition) is 1. The van der Waals surface area contributed by atoms with E-state index in [-0.39, 0.29) is 0 Å². The maximum atomic E-state index is 6.07. The summed E-state index contributed by atoms with van der Waals surface area (Å²) >= 11 is 1.47. The first kappa shape index (κ1) is 19.3. The Morgan fingerprint density at radius 3 is 2.74 bits per heavy atom. The van der Waals surface area contributed by atoms with Crippen LogP contribution in [-0.2, 0) is 0 Å². The van der Waals surface area contributed by atoms with Gasteiger partial charge in [-0.3, -0.25) is 0 Å². The topological polar surface area (TPSA) is 98.9 Å². The minimum absolute atomic E-state index is 0.627. The van der Waals surface area contributed by atoms with E-state index in [9.17, 15) is 0 Å². The lowest BCUT2D eigenvalue weighted by Gasteiger charge is -2.12. The maximum Gasteiger partial charge on any atom is 0.188 e. The van der Waals surface area contributed by atoms with E-state index in [1.54, 1.807) is 6.20 Å². The van der Waals surface area contributed by atoms with E-state index in [1.807, 2.05) is 56.5 Å². The van der Waals surface area contributed by atoms with Crippen LogP contribution in [0.2, 0.25) is 0 Å². The zero-order chi connectivity index (χ0) is 21.4. The smallest absolute Gasteiger partial charge is 0.188 e. The van der Waals surface area contributed by atoms with Crippen molar-refractivity contribution < 1.29 is 9.26 Å². The van der Waals surface area contributed by atoms with Crippen molar-refractivity contribution in [2.24, 2.45) is 0 Å². The summed E-state index contributed by atoms with van der Waals surface area (Å²) in [6.45, 7) is 3.88. The Bertz CT molecular complexity index is 1420. The molecule has 0 fully saturated rings. The van der Waals surface area contributed by atoms with Gasteiger partial charge in [-0.2, -0.15) is 0 Å². The molecule has 1 N–H and O–H groups in total. The van der Waals surface area contributed by atoms with E-state index in [0.29, 0.717) is 27.8 Å². The van der Waals surface area contributed by atoms with Gasteiger partial charge in [-0.25, -0.2) is 19.9 Å². The summed E-state index contributed by atoms with van der Waals surface area (Å²) in [5.74, 6) is 2.88.